The Bertz CT molecular complexity index is 797. The van der Waals surface area contributed by atoms with Crippen LogP contribution in [0.3, 0.4) is 0 Å². The molecule has 0 fully saturated rings. The van der Waals surface area contributed by atoms with Crippen molar-refractivity contribution in [2.24, 2.45) is 0 Å². The number of hydrogen-bond acceptors (Lipinski definition) is 3. The first-order valence-electron chi connectivity index (χ1n) is 8.71. The van der Waals surface area contributed by atoms with Crippen molar-refractivity contribution in [1.29, 1.82) is 0 Å². The van der Waals surface area contributed by atoms with Crippen LogP contribution in [0.5, 0.6) is 11.5 Å². The van der Waals surface area contributed by atoms with Crippen molar-refractivity contribution >= 4 is 17.7 Å². The van der Waals surface area contributed by atoms with Crippen molar-refractivity contribution in [1.82, 2.24) is 0 Å². The summed E-state index contributed by atoms with van der Waals surface area (Å²) in [6, 6.07) is 10.4. The van der Waals surface area contributed by atoms with Gasteiger partial charge in [0.15, 0.2) is 11.5 Å². The summed E-state index contributed by atoms with van der Waals surface area (Å²) in [5, 5.41) is 2.94. The minimum Gasteiger partial charge on any atom is -0.493 e. The molecule has 27 heavy (non-hydrogen) atoms. The van der Waals surface area contributed by atoms with Gasteiger partial charge in [-0.15, -0.1) is 0 Å². The van der Waals surface area contributed by atoms with Crippen molar-refractivity contribution in [3.63, 3.8) is 0 Å². The molecule has 0 aromatic heterocycles. The second-order valence-corrected chi connectivity index (χ2v) is 5.77. The van der Waals surface area contributed by atoms with Gasteiger partial charge in [-0.1, -0.05) is 38.1 Å². The molecule has 1 N–H and O–H groups in total. The lowest BCUT2D eigenvalue weighted by Crippen LogP contribution is -2.11. The van der Waals surface area contributed by atoms with Crippen LogP contribution in [0.25, 0.3) is 6.08 Å². The Kier molecular flexibility index (Phi) is 7.34. The van der Waals surface area contributed by atoms with Gasteiger partial charge in [-0.25, -0.2) is 0 Å². The SMILES string of the molecule is CCc1cccc(CC)c1NC(=O)C=Cc1ccc(OC(F)F)c(OC)c1. The van der Waals surface area contributed by atoms with Crippen LogP contribution in [-0.2, 0) is 17.6 Å². The minimum absolute atomic E-state index is 0.0569. The molecule has 0 aliphatic heterocycles. The number of nitrogens with one attached hydrogen (secondary N) is 1. The highest BCUT2D eigenvalue weighted by atomic mass is 19.3. The van der Waals surface area contributed by atoms with E-state index in [-0.39, 0.29) is 17.4 Å². The van der Waals surface area contributed by atoms with Gasteiger partial charge in [0.05, 0.1) is 7.11 Å². The maximum atomic E-state index is 12.4. The highest BCUT2D eigenvalue weighted by Crippen LogP contribution is 2.30. The summed E-state index contributed by atoms with van der Waals surface area (Å²) in [6.45, 7) is 1.14. The van der Waals surface area contributed by atoms with Crippen LogP contribution in [0, 0.1) is 0 Å². The molecule has 0 unspecified atom stereocenters. The third-order valence-corrected chi connectivity index (χ3v) is 4.08. The van der Waals surface area contributed by atoms with E-state index in [9.17, 15) is 13.6 Å². The number of aryl methyl sites for hydroxylation is 2. The molecule has 0 heterocycles. The molecule has 0 aliphatic carbocycles. The molecule has 4 nitrogen and oxygen atoms in total. The number of halogens is 2. The molecule has 0 atom stereocenters. The van der Waals surface area contributed by atoms with Crippen LogP contribution in [-0.4, -0.2) is 19.6 Å². The molecule has 2 aromatic carbocycles. The van der Waals surface area contributed by atoms with Crippen LogP contribution in [0.4, 0.5) is 14.5 Å². The highest BCUT2D eigenvalue weighted by Gasteiger charge is 2.11. The largest absolute Gasteiger partial charge is 0.493 e. The number of benzene rings is 2. The zero-order valence-corrected chi connectivity index (χ0v) is 15.6. The molecule has 0 saturated heterocycles. The Morgan fingerprint density at radius 2 is 1.78 bits per heavy atom. The third-order valence-electron chi connectivity index (χ3n) is 4.08. The summed E-state index contributed by atoms with van der Waals surface area (Å²) in [4.78, 5) is 12.3. The molecule has 0 aliphatic rings. The first kappa shape index (κ1) is 20.4. The monoisotopic (exact) mass is 375 g/mol. The second kappa shape index (κ2) is 9.71. The summed E-state index contributed by atoms with van der Waals surface area (Å²) in [5.41, 5.74) is 3.62. The Morgan fingerprint density at radius 3 is 2.33 bits per heavy atom. The summed E-state index contributed by atoms with van der Waals surface area (Å²) < 4.78 is 34.2. The summed E-state index contributed by atoms with van der Waals surface area (Å²) >= 11 is 0. The van der Waals surface area contributed by atoms with Gasteiger partial charge in [0, 0.05) is 11.8 Å². The van der Waals surface area contributed by atoms with Crippen LogP contribution >= 0.6 is 0 Å². The van der Waals surface area contributed by atoms with Crippen molar-refractivity contribution in [3.05, 3.63) is 59.2 Å². The number of carbonyl (C=O) groups excluding carboxylic acids is 1. The summed E-state index contributed by atoms with van der Waals surface area (Å²) in [5.74, 6) is -0.154. The van der Waals surface area contributed by atoms with Crippen LogP contribution in [0.15, 0.2) is 42.5 Å². The van der Waals surface area contributed by atoms with E-state index in [1.54, 1.807) is 12.1 Å². The fraction of sp³-hybridized carbons (Fsp3) is 0.286. The molecule has 0 bridgehead atoms. The fourth-order valence-electron chi connectivity index (χ4n) is 2.72. The number of para-hydroxylation sites is 1. The van der Waals surface area contributed by atoms with Crippen molar-refractivity contribution in [3.8, 4) is 11.5 Å². The highest BCUT2D eigenvalue weighted by molar-refractivity contribution is 6.02. The second-order valence-electron chi connectivity index (χ2n) is 5.77. The predicted octanol–water partition coefficient (Wildman–Crippen LogP) is 5.07. The van der Waals surface area contributed by atoms with Gasteiger partial charge < -0.3 is 14.8 Å². The molecule has 0 spiro atoms. The number of hydrogen-bond donors (Lipinski definition) is 1. The number of amides is 1. The predicted molar refractivity (Wildman–Crippen MR) is 102 cm³/mol. The fourth-order valence-corrected chi connectivity index (χ4v) is 2.72. The molecular weight excluding hydrogens is 352 g/mol. The van der Waals surface area contributed by atoms with E-state index < -0.39 is 6.61 Å². The topological polar surface area (TPSA) is 47.6 Å². The van der Waals surface area contributed by atoms with Crippen LogP contribution < -0.4 is 14.8 Å². The lowest BCUT2D eigenvalue weighted by molar-refractivity contribution is -0.111. The maximum absolute atomic E-state index is 12.4. The summed E-state index contributed by atoms with van der Waals surface area (Å²) in [6.07, 6.45) is 4.62. The smallest absolute Gasteiger partial charge is 0.387 e. The van der Waals surface area contributed by atoms with Crippen LogP contribution in [0.2, 0.25) is 0 Å². The molecule has 2 aromatic rings. The Labute approximate surface area is 157 Å². The van der Waals surface area contributed by atoms with E-state index in [1.807, 2.05) is 32.0 Å². The molecule has 0 radical (unpaired) electrons. The zero-order valence-electron chi connectivity index (χ0n) is 15.6. The number of carbonyl (C=O) groups is 1. The van der Waals surface area contributed by atoms with E-state index in [2.05, 4.69) is 10.1 Å². The Balaban J connectivity index is 2.16. The number of anilines is 1. The molecule has 1 amide bonds. The van der Waals surface area contributed by atoms with Gasteiger partial charge in [0.25, 0.3) is 0 Å². The van der Waals surface area contributed by atoms with E-state index in [4.69, 9.17) is 4.74 Å². The lowest BCUT2D eigenvalue weighted by Gasteiger charge is -2.13. The van der Waals surface area contributed by atoms with Crippen molar-refractivity contribution < 1.29 is 23.0 Å². The van der Waals surface area contributed by atoms with E-state index in [0.29, 0.717) is 5.56 Å². The average Bonchev–Trinajstić information content (AvgIpc) is 2.66. The molecule has 2 rings (SSSR count). The molecule has 144 valence electrons. The number of ether oxygens (including phenoxy) is 2. The van der Waals surface area contributed by atoms with Crippen LogP contribution in [0.1, 0.15) is 30.5 Å². The van der Waals surface area contributed by atoms with Gasteiger partial charge in [-0.3, -0.25) is 4.79 Å². The standard InChI is InChI=1S/C21H23F2NO3/c1-4-15-7-6-8-16(5-2)20(15)24-19(25)12-10-14-9-11-17(27-21(22)23)18(13-14)26-3/h6-13,21H,4-5H2,1-3H3,(H,24,25). The Morgan fingerprint density at radius 1 is 1.11 bits per heavy atom. The number of rotatable bonds is 8. The normalized spacial score (nSPS) is 11.0. The average molecular weight is 375 g/mol. The lowest BCUT2D eigenvalue weighted by atomic mass is 10.0. The zero-order chi connectivity index (χ0) is 19.8. The quantitative estimate of drug-likeness (QED) is 0.655. The maximum Gasteiger partial charge on any atom is 0.387 e. The summed E-state index contributed by atoms with van der Waals surface area (Å²) in [7, 11) is 1.36. The number of methoxy groups -OCH3 is 1. The minimum atomic E-state index is -2.93. The van der Waals surface area contributed by atoms with Gasteiger partial charge in [-0.2, -0.15) is 8.78 Å². The van der Waals surface area contributed by atoms with Crippen molar-refractivity contribution in [2.75, 3.05) is 12.4 Å². The van der Waals surface area contributed by atoms with Gasteiger partial charge in [0.1, 0.15) is 0 Å². The van der Waals surface area contributed by atoms with E-state index in [1.165, 1.54) is 25.3 Å². The van der Waals surface area contributed by atoms with Gasteiger partial charge in [0.2, 0.25) is 5.91 Å². The van der Waals surface area contributed by atoms with E-state index in [0.717, 1.165) is 29.7 Å². The number of alkyl halides is 2. The van der Waals surface area contributed by atoms with Gasteiger partial charge >= 0.3 is 6.61 Å². The van der Waals surface area contributed by atoms with Gasteiger partial charge in [-0.05, 0) is 47.7 Å². The Hall–Kier alpha value is -2.89. The third kappa shape index (κ3) is 5.54. The first-order valence-corrected chi connectivity index (χ1v) is 8.71. The molecular formula is C21H23F2NO3. The molecule has 0 saturated carbocycles. The van der Waals surface area contributed by atoms with E-state index >= 15 is 0 Å². The first-order chi connectivity index (χ1) is 13.0. The van der Waals surface area contributed by atoms with Crippen molar-refractivity contribution in [2.45, 2.75) is 33.3 Å². The molecule has 6 heteroatoms.